The first-order chi connectivity index (χ1) is 12.7. The number of nitrogens with zero attached hydrogens (tertiary/aromatic N) is 1. The minimum Gasteiger partial charge on any atom is -0.493 e. The van der Waals surface area contributed by atoms with Gasteiger partial charge < -0.3 is 19.5 Å². The smallest absolute Gasteiger partial charge is 0.357 e. The van der Waals surface area contributed by atoms with Crippen molar-refractivity contribution in [2.45, 2.75) is 13.5 Å². The Hall–Kier alpha value is -2.80. The third-order valence-corrected chi connectivity index (χ3v) is 4.89. The number of aromatic nitrogens is 1. The summed E-state index contributed by atoms with van der Waals surface area (Å²) < 4.78 is 16.7. The number of esters is 1. The van der Waals surface area contributed by atoms with Gasteiger partial charge in [-0.25, -0.2) is 9.78 Å². The molecule has 1 N–H and O–H groups in total. The van der Waals surface area contributed by atoms with Crippen LogP contribution in [0.5, 0.6) is 11.5 Å². The summed E-state index contributed by atoms with van der Waals surface area (Å²) in [7, 11) is 3.23. The number of carbonyl (C=O) groups is 1. The Morgan fingerprint density at radius 3 is 2.69 bits per heavy atom. The number of ether oxygens (including phenoxy) is 3. The van der Waals surface area contributed by atoms with Gasteiger partial charge in [0.05, 0.1) is 25.8 Å². The van der Waals surface area contributed by atoms with E-state index in [0.29, 0.717) is 30.3 Å². The van der Waals surface area contributed by atoms with E-state index in [1.807, 2.05) is 30.3 Å². The summed E-state index contributed by atoms with van der Waals surface area (Å²) >= 11 is 1.57. The molecule has 26 heavy (non-hydrogen) atoms. The quantitative estimate of drug-likeness (QED) is 0.630. The highest BCUT2D eigenvalue weighted by atomic mass is 32.1. The fourth-order valence-corrected chi connectivity index (χ4v) is 3.54. The number of nitrogens with one attached hydrogen (secondary N) is 1. The fraction of sp³-hybridized carbons (Fsp3) is 0.263. The molecule has 6 nitrogen and oxygen atoms in total. The second-order valence-electron chi connectivity index (χ2n) is 5.45. The monoisotopic (exact) mass is 372 g/mol. The summed E-state index contributed by atoms with van der Waals surface area (Å²) in [5, 5.41) is 5.13. The van der Waals surface area contributed by atoms with Crippen molar-refractivity contribution in [3.8, 4) is 11.5 Å². The van der Waals surface area contributed by atoms with Crippen LogP contribution < -0.4 is 14.8 Å². The van der Waals surface area contributed by atoms with Crippen LogP contribution in [0.4, 0.5) is 5.00 Å². The molecular weight excluding hydrogens is 352 g/mol. The minimum atomic E-state index is -0.401. The van der Waals surface area contributed by atoms with Crippen LogP contribution in [0.3, 0.4) is 0 Å². The number of rotatable bonds is 7. The van der Waals surface area contributed by atoms with Crippen molar-refractivity contribution in [2.75, 3.05) is 26.1 Å². The Balaban J connectivity index is 1.79. The van der Waals surface area contributed by atoms with Crippen LogP contribution in [0.2, 0.25) is 0 Å². The molecule has 0 unspecified atom stereocenters. The highest BCUT2D eigenvalue weighted by Gasteiger charge is 2.15. The van der Waals surface area contributed by atoms with Crippen LogP contribution in [-0.2, 0) is 11.3 Å². The average molecular weight is 372 g/mol. The molecule has 0 aliphatic carbocycles. The van der Waals surface area contributed by atoms with Crippen molar-refractivity contribution in [3.05, 3.63) is 47.8 Å². The van der Waals surface area contributed by atoms with Crippen molar-refractivity contribution < 1.29 is 19.0 Å². The Morgan fingerprint density at radius 1 is 1.15 bits per heavy atom. The Bertz CT molecular complexity index is 923. The predicted molar refractivity (Wildman–Crippen MR) is 102 cm³/mol. The number of methoxy groups -OCH3 is 2. The average Bonchev–Trinajstić information content (AvgIpc) is 3.09. The van der Waals surface area contributed by atoms with Gasteiger partial charge in [0.1, 0.15) is 0 Å². The normalized spacial score (nSPS) is 10.6. The van der Waals surface area contributed by atoms with E-state index < -0.39 is 5.97 Å². The summed E-state index contributed by atoms with van der Waals surface area (Å²) in [4.78, 5) is 16.2. The third-order valence-electron chi connectivity index (χ3n) is 3.83. The number of hydrogen-bond acceptors (Lipinski definition) is 7. The molecule has 0 aliphatic heterocycles. The van der Waals surface area contributed by atoms with Gasteiger partial charge in [0, 0.05) is 22.8 Å². The fourth-order valence-electron chi connectivity index (χ4n) is 2.59. The molecule has 2 heterocycles. The van der Waals surface area contributed by atoms with Gasteiger partial charge in [0.2, 0.25) is 0 Å². The minimum absolute atomic E-state index is 0.325. The molecule has 0 atom stereocenters. The highest BCUT2D eigenvalue weighted by molar-refractivity contribution is 7.22. The summed E-state index contributed by atoms with van der Waals surface area (Å²) in [5.74, 6) is 0.988. The maximum Gasteiger partial charge on any atom is 0.357 e. The lowest BCUT2D eigenvalue weighted by molar-refractivity contribution is 0.0522. The molecule has 7 heteroatoms. The van der Waals surface area contributed by atoms with Crippen LogP contribution in [0.1, 0.15) is 23.0 Å². The molecular formula is C19H20N2O4S. The maximum absolute atomic E-state index is 12.1. The molecule has 0 radical (unpaired) electrons. The predicted octanol–water partition coefficient (Wildman–Crippen LogP) is 4.10. The number of fused-ring (bicyclic) bond motifs is 1. The largest absolute Gasteiger partial charge is 0.493 e. The number of hydrogen-bond donors (Lipinski definition) is 1. The van der Waals surface area contributed by atoms with Gasteiger partial charge in [-0.15, -0.1) is 11.3 Å². The Kier molecular flexibility index (Phi) is 5.58. The van der Waals surface area contributed by atoms with E-state index in [0.717, 1.165) is 20.7 Å². The van der Waals surface area contributed by atoms with Gasteiger partial charge in [0.15, 0.2) is 17.2 Å². The zero-order valence-electron chi connectivity index (χ0n) is 14.9. The molecule has 3 rings (SSSR count). The second-order valence-corrected chi connectivity index (χ2v) is 6.53. The van der Waals surface area contributed by atoms with E-state index in [4.69, 9.17) is 14.2 Å². The SMILES string of the molecule is CCOC(=O)c1nccc2sc(NCc3ccc(OC)c(OC)c3)cc12. The summed E-state index contributed by atoms with van der Waals surface area (Å²) in [6, 6.07) is 9.62. The number of carbonyl (C=O) groups excluding carboxylic acids is 1. The second kappa shape index (κ2) is 8.05. The standard InChI is InChI=1S/C19H20N2O4S/c1-4-25-19(22)18-13-10-17(26-16(13)7-8-20-18)21-11-12-5-6-14(23-2)15(9-12)24-3/h5-10,21H,4,11H2,1-3H3. The van der Waals surface area contributed by atoms with E-state index in [2.05, 4.69) is 10.3 Å². The van der Waals surface area contributed by atoms with E-state index in [1.165, 1.54) is 0 Å². The van der Waals surface area contributed by atoms with Gasteiger partial charge in [-0.1, -0.05) is 6.07 Å². The molecule has 0 amide bonds. The third kappa shape index (κ3) is 3.72. The first-order valence-electron chi connectivity index (χ1n) is 8.16. The van der Waals surface area contributed by atoms with Gasteiger partial charge in [-0.05, 0) is 36.8 Å². The van der Waals surface area contributed by atoms with Gasteiger partial charge in [0.25, 0.3) is 0 Å². The zero-order chi connectivity index (χ0) is 18.5. The van der Waals surface area contributed by atoms with Crippen LogP contribution in [0, 0.1) is 0 Å². The lowest BCUT2D eigenvalue weighted by Gasteiger charge is -2.10. The lowest BCUT2D eigenvalue weighted by atomic mass is 10.2. The number of pyridine rings is 1. The number of anilines is 1. The van der Waals surface area contributed by atoms with Crippen molar-refractivity contribution in [1.82, 2.24) is 4.98 Å². The molecule has 0 aliphatic rings. The molecule has 136 valence electrons. The molecule has 2 aromatic heterocycles. The zero-order valence-corrected chi connectivity index (χ0v) is 15.7. The first-order valence-corrected chi connectivity index (χ1v) is 8.98. The van der Waals surface area contributed by atoms with Crippen molar-refractivity contribution in [2.24, 2.45) is 0 Å². The van der Waals surface area contributed by atoms with E-state index >= 15 is 0 Å². The number of benzene rings is 1. The lowest BCUT2D eigenvalue weighted by Crippen LogP contribution is -2.06. The molecule has 1 aromatic carbocycles. The summed E-state index contributed by atoms with van der Waals surface area (Å²) in [6.07, 6.45) is 1.63. The molecule has 0 bridgehead atoms. The molecule has 0 saturated carbocycles. The van der Waals surface area contributed by atoms with E-state index in [9.17, 15) is 4.79 Å². The van der Waals surface area contributed by atoms with Gasteiger partial charge in [-0.3, -0.25) is 0 Å². The van der Waals surface area contributed by atoms with Crippen LogP contribution in [0.25, 0.3) is 10.1 Å². The molecule has 0 spiro atoms. The molecule has 0 fully saturated rings. The first kappa shape index (κ1) is 18.0. The summed E-state index contributed by atoms with van der Waals surface area (Å²) in [6.45, 7) is 2.72. The van der Waals surface area contributed by atoms with Crippen molar-refractivity contribution in [3.63, 3.8) is 0 Å². The van der Waals surface area contributed by atoms with E-state index in [1.54, 1.807) is 38.7 Å². The van der Waals surface area contributed by atoms with Gasteiger partial charge in [-0.2, -0.15) is 0 Å². The molecule has 0 saturated heterocycles. The maximum atomic E-state index is 12.1. The van der Waals surface area contributed by atoms with Crippen LogP contribution in [-0.4, -0.2) is 31.8 Å². The Morgan fingerprint density at radius 2 is 1.96 bits per heavy atom. The summed E-state index contributed by atoms with van der Waals surface area (Å²) in [5.41, 5.74) is 1.41. The topological polar surface area (TPSA) is 69.7 Å². The molecule has 3 aromatic rings. The van der Waals surface area contributed by atoms with Crippen LogP contribution in [0.15, 0.2) is 36.5 Å². The van der Waals surface area contributed by atoms with Crippen molar-refractivity contribution in [1.29, 1.82) is 0 Å². The van der Waals surface area contributed by atoms with Crippen LogP contribution >= 0.6 is 11.3 Å². The van der Waals surface area contributed by atoms with E-state index in [-0.39, 0.29) is 0 Å². The van der Waals surface area contributed by atoms with Gasteiger partial charge >= 0.3 is 5.97 Å². The number of thiophene rings is 1. The Labute approximate surface area is 155 Å². The van der Waals surface area contributed by atoms with Crippen molar-refractivity contribution >= 4 is 32.4 Å². The highest BCUT2D eigenvalue weighted by Crippen LogP contribution is 2.32.